The predicted octanol–water partition coefficient (Wildman–Crippen LogP) is 3.47. The van der Waals surface area contributed by atoms with Crippen molar-refractivity contribution in [1.82, 2.24) is 10.3 Å². The Labute approximate surface area is 149 Å². The van der Waals surface area contributed by atoms with Crippen molar-refractivity contribution in [3.8, 4) is 0 Å². The van der Waals surface area contributed by atoms with Gasteiger partial charge in [-0.3, -0.25) is 4.79 Å². The monoisotopic (exact) mass is 355 g/mol. The summed E-state index contributed by atoms with van der Waals surface area (Å²) in [5, 5.41) is 3.99. The van der Waals surface area contributed by atoms with Crippen molar-refractivity contribution in [1.29, 1.82) is 0 Å². The highest BCUT2D eigenvalue weighted by Gasteiger charge is 2.27. The summed E-state index contributed by atoms with van der Waals surface area (Å²) < 4.78 is 0. The van der Waals surface area contributed by atoms with Crippen molar-refractivity contribution >= 4 is 41.6 Å². The maximum atomic E-state index is 12.2. The first-order valence-corrected chi connectivity index (χ1v) is 7.59. The largest absolute Gasteiger partial charge is 0.349 e. The van der Waals surface area contributed by atoms with Gasteiger partial charge in [-0.1, -0.05) is 43.5 Å². The van der Waals surface area contributed by atoms with Crippen molar-refractivity contribution in [3.63, 3.8) is 0 Å². The summed E-state index contributed by atoms with van der Waals surface area (Å²) in [5.41, 5.74) is 7.39. The Morgan fingerprint density at radius 2 is 1.78 bits per heavy atom. The van der Waals surface area contributed by atoms with Crippen molar-refractivity contribution < 1.29 is 4.79 Å². The fraction of sp³-hybridized carbons (Fsp3) is 0.412. The lowest BCUT2D eigenvalue weighted by atomic mass is 9.82. The van der Waals surface area contributed by atoms with Gasteiger partial charge in [0, 0.05) is 17.5 Å². The van der Waals surface area contributed by atoms with Gasteiger partial charge in [-0.05, 0) is 25.0 Å². The molecule has 1 aromatic carbocycles. The zero-order chi connectivity index (χ0) is 14.7. The lowest BCUT2D eigenvalue weighted by molar-refractivity contribution is 0.0933. The van der Waals surface area contributed by atoms with E-state index in [4.69, 9.17) is 5.73 Å². The highest BCUT2D eigenvalue weighted by Crippen LogP contribution is 2.25. The van der Waals surface area contributed by atoms with E-state index >= 15 is 0 Å². The Morgan fingerprint density at radius 1 is 1.09 bits per heavy atom. The number of nitrogens with two attached hydrogens (primary N) is 1. The number of aromatic nitrogens is 1. The predicted molar refractivity (Wildman–Crippen MR) is 98.6 cm³/mol. The number of hydrogen-bond acceptors (Lipinski definition) is 3. The van der Waals surface area contributed by atoms with Crippen molar-refractivity contribution in [2.75, 3.05) is 6.54 Å². The van der Waals surface area contributed by atoms with Gasteiger partial charge in [0.05, 0.1) is 5.52 Å². The van der Waals surface area contributed by atoms with Crippen LogP contribution in [0.1, 0.15) is 42.6 Å². The molecular formula is C17H23Cl2N3O. The number of benzene rings is 1. The lowest BCUT2D eigenvalue weighted by Crippen LogP contribution is -2.51. The molecule has 4 nitrogen and oxygen atoms in total. The number of halogens is 2. The number of hydrogen-bond donors (Lipinski definition) is 2. The molecule has 0 spiro atoms. The van der Waals surface area contributed by atoms with Crippen LogP contribution in [0.2, 0.25) is 0 Å². The Hall–Kier alpha value is -1.36. The molecule has 1 aliphatic rings. The van der Waals surface area contributed by atoms with Crippen LogP contribution in [0.25, 0.3) is 10.9 Å². The van der Waals surface area contributed by atoms with Gasteiger partial charge in [0.15, 0.2) is 0 Å². The van der Waals surface area contributed by atoms with Crippen LogP contribution in [0.5, 0.6) is 0 Å². The average molecular weight is 356 g/mol. The number of carbonyl (C=O) groups is 1. The van der Waals surface area contributed by atoms with Crippen LogP contribution in [-0.2, 0) is 0 Å². The number of fused-ring (bicyclic) bond motifs is 1. The molecule has 0 atom stereocenters. The summed E-state index contributed by atoms with van der Waals surface area (Å²) in [6, 6.07) is 11.5. The first-order valence-electron chi connectivity index (χ1n) is 7.59. The van der Waals surface area contributed by atoms with E-state index in [-0.39, 0.29) is 36.3 Å². The quantitative estimate of drug-likeness (QED) is 0.885. The minimum atomic E-state index is -0.245. The van der Waals surface area contributed by atoms with Gasteiger partial charge in [-0.2, -0.15) is 0 Å². The van der Waals surface area contributed by atoms with E-state index in [9.17, 15) is 4.79 Å². The fourth-order valence-corrected chi connectivity index (χ4v) is 2.97. The van der Waals surface area contributed by atoms with Gasteiger partial charge in [-0.15, -0.1) is 24.8 Å². The molecule has 1 saturated carbocycles. The Balaban J connectivity index is 0.00000132. The minimum Gasteiger partial charge on any atom is -0.349 e. The van der Waals surface area contributed by atoms with Crippen molar-refractivity contribution in [2.24, 2.45) is 5.73 Å². The highest BCUT2D eigenvalue weighted by atomic mass is 35.5. The summed E-state index contributed by atoms with van der Waals surface area (Å²) in [4.78, 5) is 16.7. The maximum Gasteiger partial charge on any atom is 0.269 e. The minimum absolute atomic E-state index is 0. The third-order valence-electron chi connectivity index (χ3n) is 4.28. The molecule has 1 amide bonds. The van der Waals surface area contributed by atoms with E-state index in [1.807, 2.05) is 30.3 Å². The van der Waals surface area contributed by atoms with Crippen LogP contribution in [0, 0.1) is 0 Å². The number of nitrogens with one attached hydrogen (secondary N) is 1. The molecule has 0 bridgehead atoms. The van der Waals surface area contributed by atoms with Gasteiger partial charge >= 0.3 is 0 Å². The smallest absolute Gasteiger partial charge is 0.269 e. The molecule has 0 unspecified atom stereocenters. The van der Waals surface area contributed by atoms with Crippen molar-refractivity contribution in [2.45, 2.75) is 37.6 Å². The maximum absolute atomic E-state index is 12.2. The summed E-state index contributed by atoms with van der Waals surface area (Å²) in [5.74, 6) is -0.142. The molecule has 1 aromatic heterocycles. The van der Waals surface area contributed by atoms with Crippen LogP contribution >= 0.6 is 24.8 Å². The third-order valence-corrected chi connectivity index (χ3v) is 4.28. The van der Waals surface area contributed by atoms with E-state index < -0.39 is 0 Å². The Bertz CT molecular complexity index is 657. The number of para-hydroxylation sites is 1. The van der Waals surface area contributed by atoms with Crippen LogP contribution < -0.4 is 11.1 Å². The van der Waals surface area contributed by atoms with Gasteiger partial charge in [-0.25, -0.2) is 4.98 Å². The molecule has 1 heterocycles. The van der Waals surface area contributed by atoms with Crippen molar-refractivity contribution in [3.05, 3.63) is 42.1 Å². The normalized spacial score (nSPS) is 16.0. The second-order valence-corrected chi connectivity index (χ2v) is 5.99. The summed E-state index contributed by atoms with van der Waals surface area (Å²) >= 11 is 0. The summed E-state index contributed by atoms with van der Waals surface area (Å²) in [7, 11) is 0. The zero-order valence-corrected chi connectivity index (χ0v) is 14.6. The molecule has 3 N–H and O–H groups in total. The summed E-state index contributed by atoms with van der Waals surface area (Å²) in [6.07, 6.45) is 5.52. The topological polar surface area (TPSA) is 68.0 Å². The number of rotatable bonds is 3. The van der Waals surface area contributed by atoms with Gasteiger partial charge in [0.2, 0.25) is 0 Å². The van der Waals surface area contributed by atoms with E-state index in [2.05, 4.69) is 10.3 Å². The van der Waals surface area contributed by atoms with Crippen LogP contribution in [0.4, 0.5) is 0 Å². The SMILES string of the molecule is Cl.Cl.NC1(CNC(=O)c2ccc3ccccc3n2)CCCCC1. The average Bonchev–Trinajstić information content (AvgIpc) is 2.53. The van der Waals surface area contributed by atoms with E-state index in [0.717, 1.165) is 36.6 Å². The number of nitrogens with zero attached hydrogens (tertiary/aromatic N) is 1. The molecule has 1 fully saturated rings. The number of carbonyl (C=O) groups excluding carboxylic acids is 1. The Morgan fingerprint density at radius 3 is 2.52 bits per heavy atom. The molecule has 2 aromatic rings. The zero-order valence-electron chi connectivity index (χ0n) is 13.0. The highest BCUT2D eigenvalue weighted by molar-refractivity contribution is 5.94. The number of pyridine rings is 1. The van der Waals surface area contributed by atoms with E-state index in [0.29, 0.717) is 12.2 Å². The first kappa shape index (κ1) is 19.7. The standard InChI is InChI=1S/C17H21N3O.2ClH/c18-17(10-4-1-5-11-17)12-19-16(21)15-9-8-13-6-2-3-7-14(13)20-15;;/h2-3,6-9H,1,4-5,10-12,18H2,(H,19,21);2*1H. The molecule has 23 heavy (non-hydrogen) atoms. The van der Waals surface area contributed by atoms with Gasteiger partial charge < -0.3 is 11.1 Å². The second kappa shape index (κ2) is 8.48. The number of amides is 1. The molecule has 0 saturated heterocycles. The summed E-state index contributed by atoms with van der Waals surface area (Å²) in [6.45, 7) is 0.528. The molecule has 126 valence electrons. The van der Waals surface area contributed by atoms with E-state index in [1.54, 1.807) is 6.07 Å². The van der Waals surface area contributed by atoms with Crippen LogP contribution in [0.3, 0.4) is 0 Å². The third kappa shape index (κ3) is 4.80. The first-order chi connectivity index (χ1) is 10.2. The fourth-order valence-electron chi connectivity index (χ4n) is 2.97. The molecular weight excluding hydrogens is 333 g/mol. The van der Waals surface area contributed by atoms with Crippen LogP contribution in [0.15, 0.2) is 36.4 Å². The molecule has 0 aliphatic heterocycles. The van der Waals surface area contributed by atoms with Gasteiger partial charge in [0.25, 0.3) is 5.91 Å². The second-order valence-electron chi connectivity index (χ2n) is 5.99. The molecule has 6 heteroatoms. The van der Waals surface area contributed by atoms with E-state index in [1.165, 1.54) is 6.42 Å². The van der Waals surface area contributed by atoms with Gasteiger partial charge in [0.1, 0.15) is 5.69 Å². The lowest BCUT2D eigenvalue weighted by Gasteiger charge is -2.33. The molecule has 0 radical (unpaired) electrons. The Kier molecular flexibility index (Phi) is 7.26. The van der Waals surface area contributed by atoms with Crippen LogP contribution in [-0.4, -0.2) is 23.0 Å². The molecule has 1 aliphatic carbocycles. The molecule has 3 rings (SSSR count).